The summed E-state index contributed by atoms with van der Waals surface area (Å²) in [5, 5.41) is 14.4. The SMILES string of the molecule is CC(=O)Nc1ccc(F)c(C(=O)NC(CCO)C(C)(C)C)c1. The maximum atomic E-state index is 13.9. The van der Waals surface area contributed by atoms with Crippen molar-refractivity contribution in [3.63, 3.8) is 0 Å². The van der Waals surface area contributed by atoms with Crippen molar-refractivity contribution in [2.75, 3.05) is 11.9 Å². The summed E-state index contributed by atoms with van der Waals surface area (Å²) in [6.45, 7) is 7.05. The molecule has 0 spiro atoms. The molecule has 1 aromatic rings. The monoisotopic (exact) mass is 310 g/mol. The van der Waals surface area contributed by atoms with Crippen LogP contribution in [0.1, 0.15) is 44.5 Å². The first kappa shape index (κ1) is 18.1. The highest BCUT2D eigenvalue weighted by molar-refractivity contribution is 5.97. The second-order valence-corrected chi connectivity index (χ2v) is 6.28. The minimum Gasteiger partial charge on any atom is -0.396 e. The predicted molar refractivity (Wildman–Crippen MR) is 83.1 cm³/mol. The summed E-state index contributed by atoms with van der Waals surface area (Å²) in [6, 6.07) is 3.53. The summed E-state index contributed by atoms with van der Waals surface area (Å²) < 4.78 is 13.9. The zero-order valence-corrected chi connectivity index (χ0v) is 13.4. The normalized spacial score (nSPS) is 12.6. The number of anilines is 1. The summed E-state index contributed by atoms with van der Waals surface area (Å²) >= 11 is 0. The Bertz CT molecular complexity index is 553. The highest BCUT2D eigenvalue weighted by atomic mass is 19.1. The third-order valence-electron chi connectivity index (χ3n) is 3.30. The second-order valence-electron chi connectivity index (χ2n) is 6.28. The molecule has 0 aliphatic rings. The maximum Gasteiger partial charge on any atom is 0.254 e. The van der Waals surface area contributed by atoms with Gasteiger partial charge in [-0.15, -0.1) is 0 Å². The van der Waals surface area contributed by atoms with Crippen LogP contribution in [0, 0.1) is 11.2 Å². The fraction of sp³-hybridized carbons (Fsp3) is 0.500. The molecule has 0 bridgehead atoms. The van der Waals surface area contributed by atoms with Crippen LogP contribution >= 0.6 is 0 Å². The van der Waals surface area contributed by atoms with Crippen LogP contribution in [0.5, 0.6) is 0 Å². The van der Waals surface area contributed by atoms with Crippen molar-refractivity contribution >= 4 is 17.5 Å². The molecule has 6 heteroatoms. The van der Waals surface area contributed by atoms with Crippen LogP contribution in [0.4, 0.5) is 10.1 Å². The number of rotatable bonds is 5. The largest absolute Gasteiger partial charge is 0.396 e. The number of benzene rings is 1. The van der Waals surface area contributed by atoms with Crippen LogP contribution in [-0.2, 0) is 4.79 Å². The number of carbonyl (C=O) groups excluding carboxylic acids is 2. The molecule has 0 aliphatic carbocycles. The lowest BCUT2D eigenvalue weighted by molar-refractivity contribution is -0.114. The predicted octanol–water partition coefficient (Wildman–Crippen LogP) is 2.31. The van der Waals surface area contributed by atoms with Gasteiger partial charge in [0.2, 0.25) is 5.91 Å². The van der Waals surface area contributed by atoms with Crippen molar-refractivity contribution in [1.29, 1.82) is 0 Å². The number of aliphatic hydroxyl groups excluding tert-OH is 1. The fourth-order valence-electron chi connectivity index (χ4n) is 2.07. The Labute approximate surface area is 129 Å². The first-order chi connectivity index (χ1) is 10.1. The van der Waals surface area contributed by atoms with E-state index in [1.165, 1.54) is 19.1 Å². The molecule has 0 aromatic heterocycles. The van der Waals surface area contributed by atoms with Gasteiger partial charge < -0.3 is 15.7 Å². The van der Waals surface area contributed by atoms with E-state index >= 15 is 0 Å². The maximum absolute atomic E-state index is 13.9. The van der Waals surface area contributed by atoms with Crippen LogP contribution in [-0.4, -0.2) is 29.6 Å². The molecule has 0 aliphatic heterocycles. The van der Waals surface area contributed by atoms with E-state index in [0.29, 0.717) is 12.1 Å². The van der Waals surface area contributed by atoms with Crippen LogP contribution in [0.3, 0.4) is 0 Å². The smallest absolute Gasteiger partial charge is 0.254 e. The molecule has 0 saturated heterocycles. The zero-order valence-electron chi connectivity index (χ0n) is 13.4. The van der Waals surface area contributed by atoms with Gasteiger partial charge in [0.05, 0.1) is 5.56 Å². The molecular weight excluding hydrogens is 287 g/mol. The first-order valence-electron chi connectivity index (χ1n) is 7.14. The van der Waals surface area contributed by atoms with Crippen molar-refractivity contribution in [2.24, 2.45) is 5.41 Å². The van der Waals surface area contributed by atoms with Gasteiger partial charge in [-0.25, -0.2) is 4.39 Å². The highest BCUT2D eigenvalue weighted by Gasteiger charge is 2.27. The van der Waals surface area contributed by atoms with Crippen molar-refractivity contribution in [1.82, 2.24) is 5.32 Å². The topological polar surface area (TPSA) is 78.4 Å². The van der Waals surface area contributed by atoms with Crippen molar-refractivity contribution in [3.8, 4) is 0 Å². The van der Waals surface area contributed by atoms with Crippen LogP contribution in [0.25, 0.3) is 0 Å². The van der Waals surface area contributed by atoms with E-state index in [1.54, 1.807) is 0 Å². The molecule has 1 aromatic carbocycles. The molecule has 0 saturated carbocycles. The average Bonchev–Trinajstić information content (AvgIpc) is 2.38. The molecule has 2 amide bonds. The van der Waals surface area contributed by atoms with E-state index < -0.39 is 11.7 Å². The van der Waals surface area contributed by atoms with Gasteiger partial charge in [-0.2, -0.15) is 0 Å². The molecule has 1 unspecified atom stereocenters. The fourth-order valence-corrected chi connectivity index (χ4v) is 2.07. The number of aliphatic hydroxyl groups is 1. The molecule has 1 rings (SSSR count). The standard InChI is InChI=1S/C16H23FN2O3/c1-10(21)18-11-5-6-13(17)12(9-11)15(22)19-14(7-8-20)16(2,3)4/h5-6,9,14,20H,7-8H2,1-4H3,(H,18,21)(H,19,22). The van der Waals surface area contributed by atoms with Gasteiger partial charge in [0.1, 0.15) is 5.82 Å². The molecule has 3 N–H and O–H groups in total. The lowest BCUT2D eigenvalue weighted by Gasteiger charge is -2.31. The second kappa shape index (κ2) is 7.35. The summed E-state index contributed by atoms with van der Waals surface area (Å²) in [4.78, 5) is 23.3. The van der Waals surface area contributed by atoms with E-state index in [-0.39, 0.29) is 29.5 Å². The van der Waals surface area contributed by atoms with Crippen molar-refractivity contribution in [3.05, 3.63) is 29.6 Å². The molecule has 0 fully saturated rings. The summed E-state index contributed by atoms with van der Waals surface area (Å²) in [5.74, 6) is -1.54. The quantitative estimate of drug-likeness (QED) is 0.781. The Morgan fingerprint density at radius 2 is 1.95 bits per heavy atom. The number of nitrogens with one attached hydrogen (secondary N) is 2. The number of carbonyl (C=O) groups is 2. The van der Waals surface area contributed by atoms with Crippen molar-refractivity contribution < 1.29 is 19.1 Å². The number of hydrogen-bond donors (Lipinski definition) is 3. The van der Waals surface area contributed by atoms with Crippen molar-refractivity contribution in [2.45, 2.75) is 40.2 Å². The third kappa shape index (κ3) is 5.11. The highest BCUT2D eigenvalue weighted by Crippen LogP contribution is 2.23. The van der Waals surface area contributed by atoms with Crippen LogP contribution in [0.2, 0.25) is 0 Å². The van der Waals surface area contributed by atoms with E-state index in [9.17, 15) is 14.0 Å². The molecule has 22 heavy (non-hydrogen) atoms. The van der Waals surface area contributed by atoms with Crippen LogP contribution < -0.4 is 10.6 Å². The summed E-state index contributed by atoms with van der Waals surface area (Å²) in [6.07, 6.45) is 0.377. The Balaban J connectivity index is 2.98. The summed E-state index contributed by atoms with van der Waals surface area (Å²) in [7, 11) is 0. The number of amides is 2. The number of halogens is 1. The number of hydrogen-bond acceptors (Lipinski definition) is 3. The molecule has 5 nitrogen and oxygen atoms in total. The lowest BCUT2D eigenvalue weighted by atomic mass is 9.84. The molecule has 1 atom stereocenters. The van der Waals surface area contributed by atoms with Gasteiger partial charge in [-0.3, -0.25) is 9.59 Å². The summed E-state index contributed by atoms with van der Waals surface area (Å²) in [5.41, 5.74) is -0.0589. The zero-order chi connectivity index (χ0) is 16.9. The average molecular weight is 310 g/mol. The van der Waals surface area contributed by atoms with E-state index in [1.807, 2.05) is 20.8 Å². The van der Waals surface area contributed by atoms with Gasteiger partial charge in [0, 0.05) is 25.3 Å². The molecule has 0 radical (unpaired) electrons. The minimum absolute atomic E-state index is 0.0728. The van der Waals surface area contributed by atoms with Gasteiger partial charge >= 0.3 is 0 Å². The van der Waals surface area contributed by atoms with Gasteiger partial charge in [0.15, 0.2) is 0 Å². The first-order valence-corrected chi connectivity index (χ1v) is 7.14. The molecular formula is C16H23FN2O3. The van der Waals surface area contributed by atoms with Gasteiger partial charge in [-0.05, 0) is 30.0 Å². The lowest BCUT2D eigenvalue weighted by Crippen LogP contribution is -2.44. The van der Waals surface area contributed by atoms with Crippen LogP contribution in [0.15, 0.2) is 18.2 Å². The van der Waals surface area contributed by atoms with E-state index in [2.05, 4.69) is 10.6 Å². The molecule has 122 valence electrons. The molecule has 0 heterocycles. The Morgan fingerprint density at radius 1 is 1.32 bits per heavy atom. The Kier molecular flexibility index (Phi) is 6.05. The minimum atomic E-state index is -0.664. The Hall–Kier alpha value is -1.95. The van der Waals surface area contributed by atoms with Gasteiger partial charge in [0.25, 0.3) is 5.91 Å². The Morgan fingerprint density at radius 3 is 2.45 bits per heavy atom. The van der Waals surface area contributed by atoms with Gasteiger partial charge in [-0.1, -0.05) is 20.8 Å². The van der Waals surface area contributed by atoms with E-state index in [0.717, 1.165) is 6.07 Å². The third-order valence-corrected chi connectivity index (χ3v) is 3.30. The van der Waals surface area contributed by atoms with E-state index in [4.69, 9.17) is 5.11 Å².